The molecule has 0 bridgehead atoms. The van der Waals surface area contributed by atoms with E-state index in [2.05, 4.69) is 24.0 Å². The highest BCUT2D eigenvalue weighted by molar-refractivity contribution is 5.48. The van der Waals surface area contributed by atoms with Gasteiger partial charge in [0.1, 0.15) is 5.75 Å². The molecule has 0 radical (unpaired) electrons. The van der Waals surface area contributed by atoms with E-state index in [0.717, 1.165) is 43.9 Å². The molecule has 25 heavy (non-hydrogen) atoms. The summed E-state index contributed by atoms with van der Waals surface area (Å²) >= 11 is 0. The summed E-state index contributed by atoms with van der Waals surface area (Å²) in [7, 11) is 3.37. The van der Waals surface area contributed by atoms with Gasteiger partial charge in [-0.3, -0.25) is 4.90 Å². The first-order valence-corrected chi connectivity index (χ1v) is 8.86. The number of rotatable bonds is 6. The number of methoxy groups -OCH3 is 2. The van der Waals surface area contributed by atoms with E-state index >= 15 is 0 Å². The Bertz CT molecular complexity index is 712. The second-order valence-corrected chi connectivity index (χ2v) is 6.75. The molecule has 0 amide bonds. The minimum atomic E-state index is 0.328. The molecule has 0 saturated heterocycles. The third-order valence-corrected chi connectivity index (χ3v) is 5.16. The first-order chi connectivity index (χ1) is 12.1. The van der Waals surface area contributed by atoms with Gasteiger partial charge in [0.2, 0.25) is 0 Å². The number of nitrogens with zero attached hydrogens (tertiary/aromatic N) is 1. The van der Waals surface area contributed by atoms with E-state index in [1.54, 1.807) is 26.4 Å². The van der Waals surface area contributed by atoms with Gasteiger partial charge in [0.25, 0.3) is 0 Å². The zero-order valence-electron chi connectivity index (χ0n) is 15.3. The quantitative estimate of drug-likeness (QED) is 0.868. The van der Waals surface area contributed by atoms with Gasteiger partial charge in [0.05, 0.1) is 14.2 Å². The normalized spacial score (nSPS) is 15.5. The first-order valence-electron chi connectivity index (χ1n) is 8.86. The predicted octanol–water partition coefficient (Wildman–Crippen LogP) is 3.79. The van der Waals surface area contributed by atoms with Crippen molar-refractivity contribution in [1.82, 2.24) is 4.90 Å². The Morgan fingerprint density at radius 1 is 1.04 bits per heavy atom. The van der Waals surface area contributed by atoms with E-state index in [0.29, 0.717) is 11.8 Å². The molecule has 134 valence electrons. The number of ether oxygens (including phenoxy) is 2. The highest BCUT2D eigenvalue weighted by Gasteiger charge is 2.22. The van der Waals surface area contributed by atoms with Crippen LogP contribution in [0.25, 0.3) is 0 Å². The maximum Gasteiger partial charge on any atom is 0.161 e. The molecule has 4 nitrogen and oxygen atoms in total. The zero-order valence-corrected chi connectivity index (χ0v) is 15.3. The molecule has 0 saturated carbocycles. The number of hydrogen-bond acceptors (Lipinski definition) is 4. The molecule has 2 aromatic carbocycles. The summed E-state index contributed by atoms with van der Waals surface area (Å²) in [5.41, 5.74) is 3.97. The van der Waals surface area contributed by atoms with Gasteiger partial charge in [0.15, 0.2) is 11.5 Å². The fourth-order valence-electron chi connectivity index (χ4n) is 3.50. The number of aromatic hydroxyl groups is 1. The second-order valence-electron chi connectivity index (χ2n) is 6.75. The van der Waals surface area contributed by atoms with E-state index in [1.807, 2.05) is 12.1 Å². The molecule has 1 aliphatic rings. The van der Waals surface area contributed by atoms with Gasteiger partial charge >= 0.3 is 0 Å². The van der Waals surface area contributed by atoms with Crippen LogP contribution in [0.2, 0.25) is 0 Å². The van der Waals surface area contributed by atoms with Crippen molar-refractivity contribution in [3.8, 4) is 17.2 Å². The molecule has 1 aliphatic heterocycles. The SMILES string of the molecule is COc1cc2c(cc1OC)CN([C@@H](C)CCc1ccc(O)cc1)CC2. The maximum absolute atomic E-state index is 9.38. The summed E-state index contributed by atoms with van der Waals surface area (Å²) in [6, 6.07) is 12.3. The first kappa shape index (κ1) is 17.6. The Morgan fingerprint density at radius 3 is 2.32 bits per heavy atom. The van der Waals surface area contributed by atoms with Gasteiger partial charge in [0, 0.05) is 19.1 Å². The number of phenolic OH excluding ortho intramolecular Hbond substituents is 1. The van der Waals surface area contributed by atoms with E-state index in [-0.39, 0.29) is 0 Å². The van der Waals surface area contributed by atoms with Crippen molar-refractivity contribution >= 4 is 0 Å². The van der Waals surface area contributed by atoms with Gasteiger partial charge in [-0.15, -0.1) is 0 Å². The maximum atomic E-state index is 9.38. The predicted molar refractivity (Wildman–Crippen MR) is 99.5 cm³/mol. The summed E-state index contributed by atoms with van der Waals surface area (Å²) in [4.78, 5) is 2.54. The van der Waals surface area contributed by atoms with Crippen LogP contribution in [0, 0.1) is 0 Å². The molecular weight excluding hydrogens is 314 g/mol. The van der Waals surface area contributed by atoms with Crippen molar-refractivity contribution in [2.45, 2.75) is 38.8 Å². The van der Waals surface area contributed by atoms with Gasteiger partial charge in [-0.25, -0.2) is 0 Å². The standard InChI is InChI=1S/C21H27NO3/c1-15(4-5-16-6-8-19(23)9-7-16)22-11-10-17-12-20(24-2)21(25-3)13-18(17)14-22/h6-9,12-13,15,23H,4-5,10-11,14H2,1-3H3/t15-/m0/s1. The van der Waals surface area contributed by atoms with Crippen LogP contribution in [0.3, 0.4) is 0 Å². The van der Waals surface area contributed by atoms with Gasteiger partial charge in [-0.05, 0) is 67.1 Å². The molecule has 0 aromatic heterocycles. The average molecular weight is 341 g/mol. The number of benzene rings is 2. The lowest BCUT2D eigenvalue weighted by atomic mass is 9.96. The second kappa shape index (κ2) is 7.79. The van der Waals surface area contributed by atoms with E-state index in [4.69, 9.17) is 9.47 Å². The molecule has 0 unspecified atom stereocenters. The molecule has 4 heteroatoms. The van der Waals surface area contributed by atoms with Crippen molar-refractivity contribution in [3.63, 3.8) is 0 Å². The molecule has 0 spiro atoms. The van der Waals surface area contributed by atoms with E-state index in [9.17, 15) is 5.11 Å². The molecule has 2 aromatic rings. The highest BCUT2D eigenvalue weighted by atomic mass is 16.5. The molecular formula is C21H27NO3. The molecule has 3 rings (SSSR count). The van der Waals surface area contributed by atoms with Crippen LogP contribution in [0.5, 0.6) is 17.2 Å². The van der Waals surface area contributed by atoms with Gasteiger partial charge in [-0.2, -0.15) is 0 Å². The Labute approximate surface area is 150 Å². The van der Waals surface area contributed by atoms with Gasteiger partial charge in [-0.1, -0.05) is 12.1 Å². The van der Waals surface area contributed by atoms with Crippen molar-refractivity contribution in [1.29, 1.82) is 0 Å². The lowest BCUT2D eigenvalue weighted by Crippen LogP contribution is -2.37. The molecule has 1 N–H and O–H groups in total. The number of phenols is 1. The van der Waals surface area contributed by atoms with Crippen LogP contribution in [0.4, 0.5) is 0 Å². The van der Waals surface area contributed by atoms with Crippen LogP contribution in [-0.4, -0.2) is 36.8 Å². The summed E-state index contributed by atoms with van der Waals surface area (Å²) in [6.45, 7) is 4.32. The number of aryl methyl sites for hydroxylation is 1. The monoisotopic (exact) mass is 341 g/mol. The third-order valence-electron chi connectivity index (χ3n) is 5.16. The van der Waals surface area contributed by atoms with Crippen LogP contribution in [0.15, 0.2) is 36.4 Å². The molecule has 0 aliphatic carbocycles. The van der Waals surface area contributed by atoms with Gasteiger partial charge < -0.3 is 14.6 Å². The summed E-state index contributed by atoms with van der Waals surface area (Å²) in [5.74, 6) is 1.95. The zero-order chi connectivity index (χ0) is 17.8. The minimum Gasteiger partial charge on any atom is -0.508 e. The van der Waals surface area contributed by atoms with Crippen LogP contribution >= 0.6 is 0 Å². The highest BCUT2D eigenvalue weighted by Crippen LogP contribution is 2.33. The van der Waals surface area contributed by atoms with Crippen molar-refractivity contribution in [2.24, 2.45) is 0 Å². The fraction of sp³-hybridized carbons (Fsp3) is 0.429. The average Bonchev–Trinajstić information content (AvgIpc) is 2.65. The smallest absolute Gasteiger partial charge is 0.161 e. The Kier molecular flexibility index (Phi) is 5.49. The van der Waals surface area contributed by atoms with Crippen LogP contribution in [0.1, 0.15) is 30.0 Å². The Balaban J connectivity index is 1.64. The minimum absolute atomic E-state index is 0.328. The summed E-state index contributed by atoms with van der Waals surface area (Å²) in [5, 5.41) is 9.38. The van der Waals surface area contributed by atoms with Crippen LogP contribution in [-0.2, 0) is 19.4 Å². The third kappa shape index (κ3) is 4.07. The lowest BCUT2D eigenvalue weighted by molar-refractivity contribution is 0.181. The summed E-state index contributed by atoms with van der Waals surface area (Å²) in [6.07, 6.45) is 3.17. The number of hydrogen-bond donors (Lipinski definition) is 1. The molecule has 0 fully saturated rings. The Hall–Kier alpha value is -2.20. The summed E-state index contributed by atoms with van der Waals surface area (Å²) < 4.78 is 10.9. The van der Waals surface area contributed by atoms with Crippen molar-refractivity contribution in [3.05, 3.63) is 53.1 Å². The number of fused-ring (bicyclic) bond motifs is 1. The van der Waals surface area contributed by atoms with E-state index in [1.165, 1.54) is 16.7 Å². The van der Waals surface area contributed by atoms with Crippen LogP contribution < -0.4 is 9.47 Å². The largest absolute Gasteiger partial charge is 0.508 e. The topological polar surface area (TPSA) is 41.9 Å². The van der Waals surface area contributed by atoms with Crippen molar-refractivity contribution < 1.29 is 14.6 Å². The molecule has 1 atom stereocenters. The Morgan fingerprint density at radius 2 is 1.68 bits per heavy atom. The van der Waals surface area contributed by atoms with Crippen molar-refractivity contribution in [2.75, 3.05) is 20.8 Å². The van der Waals surface area contributed by atoms with E-state index < -0.39 is 0 Å². The molecule has 1 heterocycles. The fourth-order valence-corrected chi connectivity index (χ4v) is 3.50. The lowest BCUT2D eigenvalue weighted by Gasteiger charge is -2.34.